The highest BCUT2D eigenvalue weighted by molar-refractivity contribution is 7.13. The molecule has 0 spiro atoms. The fourth-order valence-corrected chi connectivity index (χ4v) is 2.10. The molecule has 1 N–H and O–H groups in total. The van der Waals surface area contributed by atoms with Crippen LogP contribution in [0.25, 0.3) is 0 Å². The van der Waals surface area contributed by atoms with Crippen LogP contribution in [0, 0.1) is 6.92 Å². The van der Waals surface area contributed by atoms with Crippen molar-refractivity contribution in [1.29, 1.82) is 0 Å². The van der Waals surface area contributed by atoms with Crippen molar-refractivity contribution < 1.29 is 9.47 Å². The standard InChI is InChI=1S/C13H17N3O2S/c1-10-3-5-11(6-4-10)18-13-16-15-12(19-13)9-14-7-8-17-2/h3-6,14H,7-9H2,1-2H3. The summed E-state index contributed by atoms with van der Waals surface area (Å²) in [7, 11) is 1.68. The molecule has 5 nitrogen and oxygen atoms in total. The predicted molar refractivity (Wildman–Crippen MR) is 74.7 cm³/mol. The molecule has 0 amide bonds. The fraction of sp³-hybridized carbons (Fsp3) is 0.385. The fourth-order valence-electron chi connectivity index (χ4n) is 1.43. The summed E-state index contributed by atoms with van der Waals surface area (Å²) < 4.78 is 10.6. The van der Waals surface area contributed by atoms with E-state index in [0.29, 0.717) is 18.3 Å². The number of benzene rings is 1. The molecule has 19 heavy (non-hydrogen) atoms. The highest BCUT2D eigenvalue weighted by atomic mass is 32.1. The summed E-state index contributed by atoms with van der Waals surface area (Å²) in [5.74, 6) is 0.778. The van der Waals surface area contributed by atoms with Gasteiger partial charge in [-0.05, 0) is 19.1 Å². The van der Waals surface area contributed by atoms with E-state index in [-0.39, 0.29) is 0 Å². The van der Waals surface area contributed by atoms with E-state index in [9.17, 15) is 0 Å². The summed E-state index contributed by atoms with van der Waals surface area (Å²) in [5.41, 5.74) is 1.20. The summed E-state index contributed by atoms with van der Waals surface area (Å²) in [4.78, 5) is 0. The van der Waals surface area contributed by atoms with Gasteiger partial charge in [0, 0.05) is 20.2 Å². The van der Waals surface area contributed by atoms with Crippen molar-refractivity contribution in [2.45, 2.75) is 13.5 Å². The van der Waals surface area contributed by atoms with Gasteiger partial charge in [-0.15, -0.1) is 5.10 Å². The molecule has 0 aliphatic rings. The number of hydrogen-bond donors (Lipinski definition) is 1. The Morgan fingerprint density at radius 1 is 1.21 bits per heavy atom. The number of nitrogens with zero attached hydrogens (tertiary/aromatic N) is 2. The van der Waals surface area contributed by atoms with Crippen molar-refractivity contribution in [3.63, 3.8) is 0 Å². The van der Waals surface area contributed by atoms with Crippen LogP contribution in [0.1, 0.15) is 10.6 Å². The number of hydrogen-bond acceptors (Lipinski definition) is 6. The molecule has 1 heterocycles. The first-order valence-electron chi connectivity index (χ1n) is 6.04. The largest absolute Gasteiger partial charge is 0.430 e. The SMILES string of the molecule is COCCNCc1nnc(Oc2ccc(C)cc2)s1. The molecule has 102 valence electrons. The number of ether oxygens (including phenoxy) is 2. The summed E-state index contributed by atoms with van der Waals surface area (Å²) in [6, 6.07) is 7.85. The molecule has 0 bridgehead atoms. The molecule has 2 aromatic rings. The lowest BCUT2D eigenvalue weighted by Crippen LogP contribution is -2.18. The normalized spacial score (nSPS) is 10.6. The summed E-state index contributed by atoms with van der Waals surface area (Å²) in [6.07, 6.45) is 0. The second-order valence-corrected chi connectivity index (χ2v) is 5.07. The van der Waals surface area contributed by atoms with Gasteiger partial charge in [0.2, 0.25) is 0 Å². The maximum absolute atomic E-state index is 5.63. The highest BCUT2D eigenvalue weighted by Gasteiger charge is 2.05. The van der Waals surface area contributed by atoms with Gasteiger partial charge in [0.1, 0.15) is 10.8 Å². The zero-order valence-corrected chi connectivity index (χ0v) is 11.9. The number of aromatic nitrogens is 2. The van der Waals surface area contributed by atoms with Gasteiger partial charge in [-0.1, -0.05) is 34.1 Å². The van der Waals surface area contributed by atoms with Crippen LogP contribution in [0.4, 0.5) is 0 Å². The Morgan fingerprint density at radius 3 is 2.74 bits per heavy atom. The second kappa shape index (κ2) is 7.18. The number of rotatable bonds is 7. The first kappa shape index (κ1) is 13.9. The van der Waals surface area contributed by atoms with Crippen LogP contribution in [0.3, 0.4) is 0 Å². The maximum atomic E-state index is 5.63. The molecule has 0 fully saturated rings. The van der Waals surface area contributed by atoms with Crippen LogP contribution in [0.2, 0.25) is 0 Å². The summed E-state index contributed by atoms with van der Waals surface area (Å²) in [6.45, 7) is 4.20. The third-order valence-electron chi connectivity index (χ3n) is 2.43. The maximum Gasteiger partial charge on any atom is 0.299 e. The Kier molecular flexibility index (Phi) is 5.26. The first-order chi connectivity index (χ1) is 9.28. The third kappa shape index (κ3) is 4.59. The van der Waals surface area contributed by atoms with Crippen LogP contribution in [-0.2, 0) is 11.3 Å². The highest BCUT2D eigenvalue weighted by Crippen LogP contribution is 2.24. The minimum atomic E-state index is 0.562. The van der Waals surface area contributed by atoms with Crippen molar-refractivity contribution in [2.24, 2.45) is 0 Å². The molecule has 0 saturated carbocycles. The summed E-state index contributed by atoms with van der Waals surface area (Å²) in [5, 5.41) is 12.8. The van der Waals surface area contributed by atoms with Crippen LogP contribution in [0.5, 0.6) is 10.9 Å². The molecule has 0 saturated heterocycles. The minimum absolute atomic E-state index is 0.562. The summed E-state index contributed by atoms with van der Waals surface area (Å²) >= 11 is 1.44. The average Bonchev–Trinajstić information content (AvgIpc) is 2.85. The molecule has 2 rings (SSSR count). The Balaban J connectivity index is 1.85. The van der Waals surface area contributed by atoms with E-state index >= 15 is 0 Å². The van der Waals surface area contributed by atoms with Gasteiger partial charge in [-0.2, -0.15) is 0 Å². The molecule has 6 heteroatoms. The molecule has 1 aromatic heterocycles. The van der Waals surface area contributed by atoms with E-state index in [1.807, 2.05) is 31.2 Å². The number of nitrogens with one attached hydrogen (secondary N) is 1. The Hall–Kier alpha value is -1.50. The predicted octanol–water partition coefficient (Wildman–Crippen LogP) is 2.37. The number of methoxy groups -OCH3 is 1. The molecular weight excluding hydrogens is 262 g/mol. The quantitative estimate of drug-likeness (QED) is 0.789. The molecule has 0 radical (unpaired) electrons. The van der Waals surface area contributed by atoms with Crippen molar-refractivity contribution in [1.82, 2.24) is 15.5 Å². The average molecular weight is 279 g/mol. The van der Waals surface area contributed by atoms with E-state index < -0.39 is 0 Å². The van der Waals surface area contributed by atoms with Crippen LogP contribution >= 0.6 is 11.3 Å². The van der Waals surface area contributed by atoms with Crippen molar-refractivity contribution in [3.05, 3.63) is 34.8 Å². The Bertz CT molecular complexity index is 499. The van der Waals surface area contributed by atoms with Gasteiger partial charge in [-0.3, -0.25) is 0 Å². The lowest BCUT2D eigenvalue weighted by Gasteiger charge is -2.01. The van der Waals surface area contributed by atoms with Gasteiger partial charge in [0.05, 0.1) is 6.61 Å². The van der Waals surface area contributed by atoms with Crippen molar-refractivity contribution >= 4 is 11.3 Å². The second-order valence-electron chi connectivity index (χ2n) is 4.05. The molecular formula is C13H17N3O2S. The van der Waals surface area contributed by atoms with Crippen LogP contribution < -0.4 is 10.1 Å². The molecule has 0 aliphatic heterocycles. The van der Waals surface area contributed by atoms with E-state index in [1.54, 1.807) is 7.11 Å². The molecule has 0 aliphatic carbocycles. The van der Waals surface area contributed by atoms with Gasteiger partial charge in [0.15, 0.2) is 0 Å². The zero-order chi connectivity index (χ0) is 13.5. The third-order valence-corrected chi connectivity index (χ3v) is 3.23. The van der Waals surface area contributed by atoms with E-state index in [4.69, 9.17) is 9.47 Å². The van der Waals surface area contributed by atoms with Crippen molar-refractivity contribution in [3.8, 4) is 10.9 Å². The Labute approximate surface area is 116 Å². The minimum Gasteiger partial charge on any atom is -0.430 e. The molecule has 1 aromatic carbocycles. The Morgan fingerprint density at radius 2 is 2.00 bits per heavy atom. The zero-order valence-electron chi connectivity index (χ0n) is 11.0. The van der Waals surface area contributed by atoms with Gasteiger partial charge in [0.25, 0.3) is 5.19 Å². The van der Waals surface area contributed by atoms with E-state index in [2.05, 4.69) is 15.5 Å². The van der Waals surface area contributed by atoms with Crippen molar-refractivity contribution in [2.75, 3.05) is 20.3 Å². The molecule has 0 atom stereocenters. The molecule has 0 unspecified atom stereocenters. The number of aryl methyl sites for hydroxylation is 1. The first-order valence-corrected chi connectivity index (χ1v) is 6.86. The lowest BCUT2D eigenvalue weighted by molar-refractivity contribution is 0.199. The van der Waals surface area contributed by atoms with Crippen LogP contribution in [0.15, 0.2) is 24.3 Å². The lowest BCUT2D eigenvalue weighted by atomic mass is 10.2. The topological polar surface area (TPSA) is 56.3 Å². The van der Waals surface area contributed by atoms with Gasteiger partial charge < -0.3 is 14.8 Å². The van der Waals surface area contributed by atoms with Gasteiger partial charge >= 0.3 is 0 Å². The van der Waals surface area contributed by atoms with Crippen LogP contribution in [-0.4, -0.2) is 30.5 Å². The van der Waals surface area contributed by atoms with E-state index in [0.717, 1.165) is 17.3 Å². The van der Waals surface area contributed by atoms with E-state index in [1.165, 1.54) is 16.9 Å². The smallest absolute Gasteiger partial charge is 0.299 e. The monoisotopic (exact) mass is 279 g/mol. The van der Waals surface area contributed by atoms with Gasteiger partial charge in [-0.25, -0.2) is 0 Å².